The van der Waals surface area contributed by atoms with Crippen LogP contribution in [0.2, 0.25) is 0 Å². The number of thioether (sulfide) groups is 1. The number of ether oxygens (including phenoxy) is 1. The molecule has 0 bridgehead atoms. The molecule has 0 saturated carbocycles. The van der Waals surface area contributed by atoms with Crippen molar-refractivity contribution in [3.05, 3.63) is 29.8 Å². The average Bonchev–Trinajstić information content (AvgIpc) is 2.46. The summed E-state index contributed by atoms with van der Waals surface area (Å²) in [6.45, 7) is 6.69. The molecular weight excluding hydrogens is 254 g/mol. The second-order valence-corrected chi connectivity index (χ2v) is 6.29. The Labute approximate surface area is 122 Å². The van der Waals surface area contributed by atoms with E-state index in [1.165, 1.54) is 12.0 Å². The van der Waals surface area contributed by atoms with Crippen LogP contribution < -0.4 is 10.5 Å². The maximum atomic E-state index is 6.31. The van der Waals surface area contributed by atoms with Gasteiger partial charge in [0, 0.05) is 11.3 Å². The summed E-state index contributed by atoms with van der Waals surface area (Å²) in [6, 6.07) is 8.50. The Bertz CT molecular complexity index is 370. The third-order valence-corrected chi connectivity index (χ3v) is 5.28. The Balaban J connectivity index is 2.83. The molecule has 2 nitrogen and oxygen atoms in total. The Hall–Kier alpha value is -0.670. The highest BCUT2D eigenvalue weighted by Gasteiger charge is 2.20. The van der Waals surface area contributed by atoms with Gasteiger partial charge < -0.3 is 10.5 Å². The molecule has 0 saturated heterocycles. The van der Waals surface area contributed by atoms with Gasteiger partial charge >= 0.3 is 0 Å². The topological polar surface area (TPSA) is 35.2 Å². The van der Waals surface area contributed by atoms with Gasteiger partial charge in [0.05, 0.1) is 7.11 Å². The molecular formula is C16H27NOS. The molecule has 108 valence electrons. The van der Waals surface area contributed by atoms with Gasteiger partial charge in [-0.3, -0.25) is 0 Å². The van der Waals surface area contributed by atoms with E-state index in [-0.39, 0.29) is 6.04 Å². The lowest BCUT2D eigenvalue weighted by molar-refractivity contribution is 0.414. The summed E-state index contributed by atoms with van der Waals surface area (Å²) < 4.78 is 5.32. The first kappa shape index (κ1) is 16.4. The Morgan fingerprint density at radius 1 is 1.26 bits per heavy atom. The third kappa shape index (κ3) is 5.07. The van der Waals surface area contributed by atoms with Crippen LogP contribution in [0, 0.1) is 5.92 Å². The minimum Gasteiger partial charge on any atom is -0.497 e. The van der Waals surface area contributed by atoms with Crippen molar-refractivity contribution >= 4 is 11.8 Å². The van der Waals surface area contributed by atoms with Crippen molar-refractivity contribution in [3.8, 4) is 5.75 Å². The van der Waals surface area contributed by atoms with Crippen LogP contribution in [0.3, 0.4) is 0 Å². The standard InChI is InChI=1S/C16H27NOS/c1-5-12(3)11-19-16(15(17)6-2)13-8-7-9-14(10-13)18-4/h7-10,12,15-16H,5-6,11,17H2,1-4H3. The molecule has 2 N–H and O–H groups in total. The molecule has 0 fully saturated rings. The van der Waals surface area contributed by atoms with Crippen LogP contribution in [-0.2, 0) is 0 Å². The van der Waals surface area contributed by atoms with Gasteiger partial charge in [-0.05, 0) is 35.8 Å². The van der Waals surface area contributed by atoms with Gasteiger partial charge in [-0.2, -0.15) is 11.8 Å². The maximum absolute atomic E-state index is 6.31. The lowest BCUT2D eigenvalue weighted by atomic mass is 10.0. The number of methoxy groups -OCH3 is 1. The molecule has 0 amide bonds. The largest absolute Gasteiger partial charge is 0.497 e. The van der Waals surface area contributed by atoms with E-state index in [9.17, 15) is 0 Å². The van der Waals surface area contributed by atoms with Gasteiger partial charge in [0.2, 0.25) is 0 Å². The summed E-state index contributed by atoms with van der Waals surface area (Å²) in [7, 11) is 1.71. The zero-order valence-electron chi connectivity index (χ0n) is 12.6. The van der Waals surface area contributed by atoms with Crippen molar-refractivity contribution in [1.29, 1.82) is 0 Å². The first-order valence-electron chi connectivity index (χ1n) is 7.13. The van der Waals surface area contributed by atoms with Crippen LogP contribution in [0.4, 0.5) is 0 Å². The summed E-state index contributed by atoms with van der Waals surface area (Å²) in [4.78, 5) is 0. The lowest BCUT2D eigenvalue weighted by Crippen LogP contribution is -2.26. The zero-order chi connectivity index (χ0) is 14.3. The number of nitrogens with two attached hydrogens (primary N) is 1. The molecule has 3 unspecified atom stereocenters. The van der Waals surface area contributed by atoms with Crippen molar-refractivity contribution in [1.82, 2.24) is 0 Å². The summed E-state index contributed by atoms with van der Waals surface area (Å²) in [5, 5.41) is 0.356. The van der Waals surface area contributed by atoms with Gasteiger partial charge in [0.1, 0.15) is 5.75 Å². The molecule has 0 aliphatic carbocycles. The summed E-state index contributed by atoms with van der Waals surface area (Å²) >= 11 is 1.98. The van der Waals surface area contributed by atoms with Crippen molar-refractivity contribution in [3.63, 3.8) is 0 Å². The quantitative estimate of drug-likeness (QED) is 0.773. The second-order valence-electron chi connectivity index (χ2n) is 5.12. The highest BCUT2D eigenvalue weighted by atomic mass is 32.2. The highest BCUT2D eigenvalue weighted by Crippen LogP contribution is 2.35. The van der Waals surface area contributed by atoms with Crippen LogP contribution in [-0.4, -0.2) is 18.9 Å². The maximum Gasteiger partial charge on any atom is 0.119 e. The van der Waals surface area contributed by atoms with Gasteiger partial charge in [-0.15, -0.1) is 0 Å². The zero-order valence-corrected chi connectivity index (χ0v) is 13.4. The second kappa shape index (κ2) is 8.49. The Kier molecular flexibility index (Phi) is 7.32. The van der Waals surface area contributed by atoms with Crippen LogP contribution >= 0.6 is 11.8 Å². The van der Waals surface area contributed by atoms with E-state index >= 15 is 0 Å². The molecule has 0 heterocycles. The van der Waals surface area contributed by atoms with Crippen LogP contribution in [0.25, 0.3) is 0 Å². The van der Waals surface area contributed by atoms with E-state index in [1.54, 1.807) is 7.11 Å². The predicted molar refractivity (Wildman–Crippen MR) is 85.9 cm³/mol. The van der Waals surface area contributed by atoms with Crippen molar-refractivity contribution in [2.24, 2.45) is 11.7 Å². The molecule has 0 aliphatic heterocycles. The molecule has 1 aromatic rings. The summed E-state index contributed by atoms with van der Waals surface area (Å²) in [5.74, 6) is 2.81. The fourth-order valence-electron chi connectivity index (χ4n) is 1.89. The first-order valence-corrected chi connectivity index (χ1v) is 8.18. The molecule has 1 rings (SSSR count). The van der Waals surface area contributed by atoms with E-state index in [1.807, 2.05) is 23.9 Å². The number of hydrogen-bond acceptors (Lipinski definition) is 3. The van der Waals surface area contributed by atoms with Crippen molar-refractivity contribution in [2.45, 2.75) is 44.9 Å². The van der Waals surface area contributed by atoms with Gasteiger partial charge in [-0.25, -0.2) is 0 Å². The smallest absolute Gasteiger partial charge is 0.119 e. The van der Waals surface area contributed by atoms with Crippen molar-refractivity contribution in [2.75, 3.05) is 12.9 Å². The van der Waals surface area contributed by atoms with Gasteiger partial charge in [0.15, 0.2) is 0 Å². The molecule has 0 aliphatic rings. The Morgan fingerprint density at radius 2 is 2.00 bits per heavy atom. The van der Waals surface area contributed by atoms with E-state index in [0.717, 1.165) is 23.8 Å². The third-order valence-electron chi connectivity index (χ3n) is 3.54. The van der Waals surface area contributed by atoms with Gasteiger partial charge in [-0.1, -0.05) is 39.3 Å². The molecule has 0 spiro atoms. The number of benzene rings is 1. The Morgan fingerprint density at radius 3 is 2.58 bits per heavy atom. The molecule has 3 atom stereocenters. The SMILES string of the molecule is CCC(C)CSC(c1cccc(OC)c1)C(N)CC. The lowest BCUT2D eigenvalue weighted by Gasteiger charge is -2.24. The van der Waals surface area contributed by atoms with Gasteiger partial charge in [0.25, 0.3) is 0 Å². The summed E-state index contributed by atoms with van der Waals surface area (Å²) in [5.41, 5.74) is 7.59. The predicted octanol–water partition coefficient (Wildman–Crippen LogP) is 4.25. The molecule has 19 heavy (non-hydrogen) atoms. The molecule has 1 aromatic carbocycles. The minimum absolute atomic E-state index is 0.196. The van der Waals surface area contributed by atoms with E-state index in [2.05, 4.69) is 32.9 Å². The summed E-state index contributed by atoms with van der Waals surface area (Å²) in [6.07, 6.45) is 2.22. The number of rotatable bonds is 8. The van der Waals surface area contributed by atoms with E-state index in [0.29, 0.717) is 5.25 Å². The molecule has 0 radical (unpaired) electrons. The van der Waals surface area contributed by atoms with E-state index in [4.69, 9.17) is 10.5 Å². The minimum atomic E-state index is 0.196. The van der Waals surface area contributed by atoms with E-state index < -0.39 is 0 Å². The van der Waals surface area contributed by atoms with Crippen LogP contribution in [0.15, 0.2) is 24.3 Å². The molecule has 0 aromatic heterocycles. The average molecular weight is 281 g/mol. The normalized spacial score (nSPS) is 15.8. The monoisotopic (exact) mass is 281 g/mol. The van der Waals surface area contributed by atoms with Crippen LogP contribution in [0.5, 0.6) is 5.75 Å². The first-order chi connectivity index (χ1) is 9.12. The van der Waals surface area contributed by atoms with Crippen molar-refractivity contribution < 1.29 is 4.74 Å². The fourth-order valence-corrected chi connectivity index (χ4v) is 3.44. The fraction of sp³-hybridized carbons (Fsp3) is 0.625. The van der Waals surface area contributed by atoms with Crippen LogP contribution in [0.1, 0.15) is 44.4 Å². The highest BCUT2D eigenvalue weighted by molar-refractivity contribution is 7.99. The molecule has 3 heteroatoms. The number of hydrogen-bond donors (Lipinski definition) is 1.